The number of nitrogens with zero attached hydrogens (tertiary/aromatic N) is 2. The van der Waals surface area contributed by atoms with Gasteiger partial charge < -0.3 is 9.64 Å². The van der Waals surface area contributed by atoms with Crippen molar-refractivity contribution in [2.45, 2.75) is 26.5 Å². The summed E-state index contributed by atoms with van der Waals surface area (Å²) in [5.41, 5.74) is 2.31. The molecule has 0 radical (unpaired) electrons. The summed E-state index contributed by atoms with van der Waals surface area (Å²) in [6.45, 7) is 5.42. The lowest BCUT2D eigenvalue weighted by Gasteiger charge is -2.30. The summed E-state index contributed by atoms with van der Waals surface area (Å²) in [4.78, 5) is 6.65. The third-order valence-electron chi connectivity index (χ3n) is 3.43. The molecule has 0 heterocycles. The van der Waals surface area contributed by atoms with Crippen molar-refractivity contribution in [1.29, 1.82) is 0 Å². The fourth-order valence-corrected chi connectivity index (χ4v) is 2.41. The fourth-order valence-electron chi connectivity index (χ4n) is 2.41. The number of ether oxygens (including phenoxy) is 1. The van der Waals surface area contributed by atoms with Crippen molar-refractivity contribution in [3.63, 3.8) is 0 Å². The molecular formula is C19H24N2O. The Kier molecular flexibility index (Phi) is 6.16. The third kappa shape index (κ3) is 4.43. The van der Waals surface area contributed by atoms with Gasteiger partial charge in [-0.15, -0.1) is 0 Å². The molecule has 116 valence electrons. The Labute approximate surface area is 133 Å². The number of hydrogen-bond acceptors (Lipinski definition) is 2. The predicted molar refractivity (Wildman–Crippen MR) is 93.5 cm³/mol. The van der Waals surface area contributed by atoms with Crippen molar-refractivity contribution in [2.75, 3.05) is 18.6 Å². The molecule has 2 aromatic carbocycles. The van der Waals surface area contributed by atoms with Gasteiger partial charge in [-0.1, -0.05) is 48.5 Å². The summed E-state index contributed by atoms with van der Waals surface area (Å²) in [6, 6.07) is 20.8. The minimum absolute atomic E-state index is 0.321. The van der Waals surface area contributed by atoms with E-state index in [2.05, 4.69) is 48.0 Å². The zero-order valence-corrected chi connectivity index (χ0v) is 13.6. The van der Waals surface area contributed by atoms with Crippen LogP contribution < -0.4 is 4.90 Å². The second-order valence-corrected chi connectivity index (χ2v) is 5.42. The van der Waals surface area contributed by atoms with E-state index in [0.29, 0.717) is 19.3 Å². The second kappa shape index (κ2) is 8.35. The van der Waals surface area contributed by atoms with E-state index < -0.39 is 0 Å². The lowest BCUT2D eigenvalue weighted by molar-refractivity contribution is 0.157. The van der Waals surface area contributed by atoms with Gasteiger partial charge in [0.05, 0.1) is 6.61 Å². The van der Waals surface area contributed by atoms with Gasteiger partial charge in [0.15, 0.2) is 0 Å². The number of anilines is 1. The van der Waals surface area contributed by atoms with Gasteiger partial charge in [0.1, 0.15) is 12.4 Å². The van der Waals surface area contributed by atoms with Crippen molar-refractivity contribution in [2.24, 2.45) is 4.99 Å². The Morgan fingerprint density at radius 1 is 1.00 bits per heavy atom. The molecule has 0 fully saturated rings. The van der Waals surface area contributed by atoms with Crippen LogP contribution >= 0.6 is 0 Å². The molecule has 0 aliphatic rings. The molecule has 0 unspecified atom stereocenters. The normalized spacial score (nSPS) is 11.7. The van der Waals surface area contributed by atoms with E-state index in [1.807, 2.05) is 43.4 Å². The Hall–Kier alpha value is -2.13. The molecule has 0 saturated carbocycles. The van der Waals surface area contributed by atoms with Gasteiger partial charge in [0.25, 0.3) is 0 Å². The van der Waals surface area contributed by atoms with Gasteiger partial charge in [-0.25, -0.2) is 0 Å². The highest BCUT2D eigenvalue weighted by Crippen LogP contribution is 2.17. The van der Waals surface area contributed by atoms with Crippen LogP contribution in [0.5, 0.6) is 0 Å². The zero-order chi connectivity index (χ0) is 15.8. The van der Waals surface area contributed by atoms with Crippen LogP contribution in [-0.4, -0.2) is 25.5 Å². The Balaban J connectivity index is 2.02. The van der Waals surface area contributed by atoms with Crippen LogP contribution in [0.1, 0.15) is 19.4 Å². The fraction of sp³-hybridized carbons (Fsp3) is 0.316. The number of para-hydroxylation sites is 1. The highest BCUT2D eigenvalue weighted by Gasteiger charge is 2.16. The van der Waals surface area contributed by atoms with Crippen molar-refractivity contribution in [1.82, 2.24) is 0 Å². The molecule has 0 amide bonds. The standard InChI is InChI=1S/C19H24N2O/c1-16(2)21(18-12-8-5-9-13-18)19(20-3)15-22-14-17-10-6-4-7-11-17/h4-13,16H,14-15H2,1-3H3/b20-19-. The Bertz CT molecular complexity index is 579. The van der Waals surface area contributed by atoms with Crippen molar-refractivity contribution >= 4 is 11.5 Å². The Morgan fingerprint density at radius 2 is 1.59 bits per heavy atom. The molecule has 0 aliphatic heterocycles. The van der Waals surface area contributed by atoms with Crippen molar-refractivity contribution in [3.05, 3.63) is 66.2 Å². The van der Waals surface area contributed by atoms with Gasteiger partial charge in [-0.05, 0) is 31.5 Å². The maximum Gasteiger partial charge on any atom is 0.130 e. The summed E-state index contributed by atoms with van der Waals surface area (Å²) in [5, 5.41) is 0. The maximum absolute atomic E-state index is 5.85. The first kappa shape index (κ1) is 16.2. The first-order valence-electron chi connectivity index (χ1n) is 7.64. The van der Waals surface area contributed by atoms with E-state index in [9.17, 15) is 0 Å². The van der Waals surface area contributed by atoms with Crippen LogP contribution in [0.2, 0.25) is 0 Å². The molecule has 22 heavy (non-hydrogen) atoms. The highest BCUT2D eigenvalue weighted by atomic mass is 16.5. The SMILES string of the molecule is C/N=C(/COCc1ccccc1)N(c1ccccc1)C(C)C. The third-order valence-corrected chi connectivity index (χ3v) is 3.43. The van der Waals surface area contributed by atoms with Crippen LogP contribution in [-0.2, 0) is 11.3 Å². The van der Waals surface area contributed by atoms with Crippen LogP contribution in [0.25, 0.3) is 0 Å². The van der Waals surface area contributed by atoms with Gasteiger partial charge in [-0.3, -0.25) is 4.99 Å². The molecule has 0 aromatic heterocycles. The van der Waals surface area contributed by atoms with Crippen molar-refractivity contribution in [3.8, 4) is 0 Å². The topological polar surface area (TPSA) is 24.8 Å². The number of amidine groups is 1. The molecule has 2 rings (SSSR count). The molecule has 0 saturated heterocycles. The molecule has 0 spiro atoms. The summed E-state index contributed by atoms with van der Waals surface area (Å²) in [5.74, 6) is 0.942. The number of benzene rings is 2. The Morgan fingerprint density at radius 3 is 2.14 bits per heavy atom. The second-order valence-electron chi connectivity index (χ2n) is 5.42. The van der Waals surface area contributed by atoms with Gasteiger partial charge >= 0.3 is 0 Å². The summed E-state index contributed by atoms with van der Waals surface area (Å²) in [6.07, 6.45) is 0. The lowest BCUT2D eigenvalue weighted by Crippen LogP contribution is -2.39. The van der Waals surface area contributed by atoms with Crippen LogP contribution in [0.4, 0.5) is 5.69 Å². The molecule has 0 N–H and O–H groups in total. The van der Waals surface area contributed by atoms with Crippen molar-refractivity contribution < 1.29 is 4.74 Å². The molecule has 0 aliphatic carbocycles. The first-order chi connectivity index (χ1) is 10.7. The summed E-state index contributed by atoms with van der Waals surface area (Å²) >= 11 is 0. The highest BCUT2D eigenvalue weighted by molar-refractivity contribution is 5.99. The smallest absolute Gasteiger partial charge is 0.130 e. The summed E-state index contributed by atoms with van der Waals surface area (Å²) in [7, 11) is 1.82. The van der Waals surface area contributed by atoms with E-state index in [-0.39, 0.29) is 0 Å². The molecule has 0 atom stereocenters. The van der Waals surface area contributed by atoms with Crippen LogP contribution in [0.3, 0.4) is 0 Å². The average molecular weight is 296 g/mol. The molecule has 0 bridgehead atoms. The van der Waals surface area contributed by atoms with E-state index in [0.717, 1.165) is 11.5 Å². The predicted octanol–water partition coefficient (Wildman–Crippen LogP) is 4.15. The average Bonchev–Trinajstić information content (AvgIpc) is 2.55. The largest absolute Gasteiger partial charge is 0.369 e. The van der Waals surface area contributed by atoms with E-state index in [4.69, 9.17) is 4.74 Å². The molecule has 3 heteroatoms. The van der Waals surface area contributed by atoms with Gasteiger partial charge in [0.2, 0.25) is 0 Å². The number of aliphatic imine (C=N–C) groups is 1. The lowest BCUT2D eigenvalue weighted by atomic mass is 10.2. The molecular weight excluding hydrogens is 272 g/mol. The monoisotopic (exact) mass is 296 g/mol. The minimum atomic E-state index is 0.321. The maximum atomic E-state index is 5.85. The van der Waals surface area contributed by atoms with Crippen LogP contribution in [0.15, 0.2) is 65.7 Å². The molecule has 3 nitrogen and oxygen atoms in total. The van der Waals surface area contributed by atoms with E-state index in [1.165, 1.54) is 5.56 Å². The number of rotatable bonds is 6. The van der Waals surface area contributed by atoms with Gasteiger partial charge in [-0.2, -0.15) is 0 Å². The van der Waals surface area contributed by atoms with E-state index in [1.54, 1.807) is 0 Å². The zero-order valence-electron chi connectivity index (χ0n) is 13.6. The first-order valence-corrected chi connectivity index (χ1v) is 7.64. The number of hydrogen-bond donors (Lipinski definition) is 0. The molecule has 2 aromatic rings. The van der Waals surface area contributed by atoms with Gasteiger partial charge in [0, 0.05) is 18.8 Å². The quantitative estimate of drug-likeness (QED) is 0.591. The van der Waals surface area contributed by atoms with E-state index >= 15 is 0 Å². The summed E-state index contributed by atoms with van der Waals surface area (Å²) < 4.78 is 5.85. The minimum Gasteiger partial charge on any atom is -0.369 e. The van der Waals surface area contributed by atoms with Crippen LogP contribution in [0, 0.1) is 0 Å².